The summed E-state index contributed by atoms with van der Waals surface area (Å²) < 4.78 is 16.7. The van der Waals surface area contributed by atoms with Gasteiger partial charge in [-0.1, -0.05) is 37.1 Å². The zero-order chi connectivity index (χ0) is 21.2. The van der Waals surface area contributed by atoms with Crippen molar-refractivity contribution in [2.45, 2.75) is 44.2 Å². The van der Waals surface area contributed by atoms with Crippen molar-refractivity contribution in [3.63, 3.8) is 0 Å². The van der Waals surface area contributed by atoms with E-state index in [0.717, 1.165) is 56.5 Å². The summed E-state index contributed by atoms with van der Waals surface area (Å²) in [5.74, 6) is 2.06. The number of nitrogens with zero attached hydrogens (tertiary/aromatic N) is 2. The molecular weight excluding hydrogens is 388 g/mol. The zero-order valence-corrected chi connectivity index (χ0v) is 18.6. The summed E-state index contributed by atoms with van der Waals surface area (Å²) in [6.45, 7) is 4.65. The van der Waals surface area contributed by atoms with Gasteiger partial charge in [0.1, 0.15) is 0 Å². The normalized spacial score (nSPS) is 23.5. The van der Waals surface area contributed by atoms with Crippen molar-refractivity contribution < 1.29 is 14.2 Å². The molecule has 0 N–H and O–H groups in total. The predicted molar refractivity (Wildman–Crippen MR) is 123 cm³/mol. The van der Waals surface area contributed by atoms with Crippen molar-refractivity contribution in [1.82, 2.24) is 4.90 Å². The number of hydrogen-bond acceptors (Lipinski definition) is 5. The van der Waals surface area contributed by atoms with Gasteiger partial charge in [-0.25, -0.2) is 0 Å². The Morgan fingerprint density at radius 3 is 2.42 bits per heavy atom. The van der Waals surface area contributed by atoms with Crippen LogP contribution in [0.1, 0.15) is 53.9 Å². The van der Waals surface area contributed by atoms with Gasteiger partial charge in [0.15, 0.2) is 11.5 Å². The van der Waals surface area contributed by atoms with E-state index in [2.05, 4.69) is 41.3 Å². The number of fused-ring (bicyclic) bond motifs is 3. The molecule has 0 spiro atoms. The summed E-state index contributed by atoms with van der Waals surface area (Å²) in [6.07, 6.45) is 4.90. The van der Waals surface area contributed by atoms with Crippen molar-refractivity contribution in [2.75, 3.05) is 40.5 Å². The number of ether oxygens (including phenoxy) is 3. The first kappa shape index (κ1) is 20.5. The Hall–Kier alpha value is -2.37. The maximum Gasteiger partial charge on any atom is 0.161 e. The molecule has 1 aliphatic carbocycles. The molecule has 0 bridgehead atoms. The van der Waals surface area contributed by atoms with E-state index >= 15 is 0 Å². The molecule has 1 saturated carbocycles. The highest BCUT2D eigenvalue weighted by Gasteiger charge is 2.34. The molecule has 1 saturated heterocycles. The van der Waals surface area contributed by atoms with Crippen LogP contribution in [0, 0.1) is 0 Å². The lowest BCUT2D eigenvalue weighted by Crippen LogP contribution is -2.35. The van der Waals surface area contributed by atoms with E-state index in [1.54, 1.807) is 14.2 Å². The highest BCUT2D eigenvalue weighted by molar-refractivity contribution is 6.15. The molecule has 2 fully saturated rings. The molecule has 5 nitrogen and oxygen atoms in total. The van der Waals surface area contributed by atoms with E-state index in [9.17, 15) is 0 Å². The summed E-state index contributed by atoms with van der Waals surface area (Å²) in [7, 11) is 3.42. The largest absolute Gasteiger partial charge is 0.493 e. The van der Waals surface area contributed by atoms with Gasteiger partial charge in [-0.3, -0.25) is 9.89 Å². The Bertz CT molecular complexity index is 948. The average molecular weight is 421 g/mol. The van der Waals surface area contributed by atoms with Gasteiger partial charge in [0.2, 0.25) is 0 Å². The predicted octanol–water partition coefficient (Wildman–Crippen LogP) is 4.41. The third-order valence-electron chi connectivity index (χ3n) is 6.97. The minimum absolute atomic E-state index is 0.363. The molecular formula is C26H32N2O3. The van der Waals surface area contributed by atoms with E-state index in [0.29, 0.717) is 12.0 Å². The molecule has 3 aliphatic rings. The summed E-state index contributed by atoms with van der Waals surface area (Å²) in [4.78, 5) is 7.74. The van der Waals surface area contributed by atoms with Crippen LogP contribution in [0.25, 0.3) is 0 Å². The summed E-state index contributed by atoms with van der Waals surface area (Å²) in [5.41, 5.74) is 6.18. The third kappa shape index (κ3) is 4.09. The van der Waals surface area contributed by atoms with Gasteiger partial charge in [-0.2, -0.15) is 0 Å². The van der Waals surface area contributed by atoms with Gasteiger partial charge >= 0.3 is 0 Å². The van der Waals surface area contributed by atoms with E-state index in [1.165, 1.54) is 41.5 Å². The SMILES string of the molecule is COc1cc2c(cc1OC)C1CCCCC1N=C2c1ccc(CN2CCOCC2)cc1. The molecule has 164 valence electrons. The van der Waals surface area contributed by atoms with Crippen LogP contribution < -0.4 is 9.47 Å². The van der Waals surface area contributed by atoms with E-state index in [1.807, 2.05) is 0 Å². The fourth-order valence-corrected chi connectivity index (χ4v) is 5.29. The van der Waals surface area contributed by atoms with E-state index in [4.69, 9.17) is 19.2 Å². The van der Waals surface area contributed by atoms with Crippen LogP contribution in [0.2, 0.25) is 0 Å². The van der Waals surface area contributed by atoms with Crippen LogP contribution in [0.5, 0.6) is 11.5 Å². The second-order valence-corrected chi connectivity index (χ2v) is 8.82. The molecule has 2 aromatic rings. The van der Waals surface area contributed by atoms with Crippen LogP contribution in [0.4, 0.5) is 0 Å². The fourth-order valence-electron chi connectivity index (χ4n) is 5.29. The first-order valence-corrected chi connectivity index (χ1v) is 11.5. The molecule has 5 heteroatoms. The lowest BCUT2D eigenvalue weighted by atomic mass is 9.75. The second-order valence-electron chi connectivity index (χ2n) is 8.82. The van der Waals surface area contributed by atoms with E-state index < -0.39 is 0 Å². The lowest BCUT2D eigenvalue weighted by Gasteiger charge is -2.35. The fraction of sp³-hybridized carbons (Fsp3) is 0.500. The maximum absolute atomic E-state index is 5.63. The Morgan fingerprint density at radius 2 is 1.68 bits per heavy atom. The molecule has 2 aromatic carbocycles. The first-order valence-electron chi connectivity index (χ1n) is 11.5. The Kier molecular flexibility index (Phi) is 5.97. The quantitative estimate of drug-likeness (QED) is 0.719. The summed E-state index contributed by atoms with van der Waals surface area (Å²) >= 11 is 0. The highest BCUT2D eigenvalue weighted by atomic mass is 16.5. The van der Waals surface area contributed by atoms with Gasteiger partial charge in [0.25, 0.3) is 0 Å². The number of methoxy groups -OCH3 is 2. The van der Waals surface area contributed by atoms with Crippen molar-refractivity contribution in [1.29, 1.82) is 0 Å². The van der Waals surface area contributed by atoms with Gasteiger partial charge in [-0.15, -0.1) is 0 Å². The van der Waals surface area contributed by atoms with Gasteiger partial charge in [0.05, 0.1) is 39.2 Å². The Balaban J connectivity index is 1.48. The minimum Gasteiger partial charge on any atom is -0.493 e. The second kappa shape index (κ2) is 9.01. The molecule has 31 heavy (non-hydrogen) atoms. The van der Waals surface area contributed by atoms with Crippen LogP contribution in [-0.2, 0) is 11.3 Å². The van der Waals surface area contributed by atoms with Gasteiger partial charge < -0.3 is 14.2 Å². The smallest absolute Gasteiger partial charge is 0.161 e. The summed E-state index contributed by atoms with van der Waals surface area (Å²) in [5, 5.41) is 0. The van der Waals surface area contributed by atoms with Gasteiger partial charge in [0, 0.05) is 36.7 Å². The highest BCUT2D eigenvalue weighted by Crippen LogP contribution is 2.44. The number of hydrogen-bond donors (Lipinski definition) is 0. The number of benzene rings is 2. The number of morpholine rings is 1. The molecule has 2 unspecified atom stereocenters. The molecule has 0 aromatic heterocycles. The van der Waals surface area contributed by atoms with Crippen LogP contribution in [-0.4, -0.2) is 57.2 Å². The Labute approximate surface area is 185 Å². The standard InChI is InChI=1S/C26H32N2O3/c1-29-24-15-21-20-5-3-4-6-23(20)27-26(22(21)16-25(24)30-2)19-9-7-18(8-10-19)17-28-11-13-31-14-12-28/h7-10,15-16,20,23H,3-6,11-14,17H2,1-2H3. The first-order chi connectivity index (χ1) is 15.3. The molecule has 0 amide bonds. The molecule has 0 radical (unpaired) electrons. The summed E-state index contributed by atoms with van der Waals surface area (Å²) in [6, 6.07) is 13.7. The third-order valence-corrected chi connectivity index (χ3v) is 6.97. The lowest BCUT2D eigenvalue weighted by molar-refractivity contribution is 0.0342. The molecule has 2 atom stereocenters. The van der Waals surface area contributed by atoms with Crippen molar-refractivity contribution in [3.8, 4) is 11.5 Å². The van der Waals surface area contributed by atoms with Crippen molar-refractivity contribution >= 4 is 5.71 Å². The monoisotopic (exact) mass is 420 g/mol. The zero-order valence-electron chi connectivity index (χ0n) is 18.6. The average Bonchev–Trinajstić information content (AvgIpc) is 2.84. The number of rotatable bonds is 5. The topological polar surface area (TPSA) is 43.3 Å². The van der Waals surface area contributed by atoms with Crippen LogP contribution in [0.15, 0.2) is 41.4 Å². The minimum atomic E-state index is 0.363. The molecule has 2 aliphatic heterocycles. The Morgan fingerprint density at radius 1 is 0.968 bits per heavy atom. The van der Waals surface area contributed by atoms with Crippen LogP contribution in [0.3, 0.4) is 0 Å². The van der Waals surface area contributed by atoms with Crippen molar-refractivity contribution in [3.05, 3.63) is 58.7 Å². The van der Waals surface area contributed by atoms with Gasteiger partial charge in [-0.05, 0) is 36.1 Å². The van der Waals surface area contributed by atoms with E-state index in [-0.39, 0.29) is 0 Å². The van der Waals surface area contributed by atoms with Crippen LogP contribution >= 0.6 is 0 Å². The van der Waals surface area contributed by atoms with Crippen molar-refractivity contribution in [2.24, 2.45) is 4.99 Å². The molecule has 2 heterocycles. The molecule has 5 rings (SSSR count). The maximum atomic E-state index is 5.63. The number of aliphatic imine (C=N–C) groups is 1.